The van der Waals surface area contributed by atoms with Gasteiger partial charge in [0.25, 0.3) is 0 Å². The van der Waals surface area contributed by atoms with Crippen LogP contribution >= 0.6 is 11.3 Å². The Hall–Kier alpha value is -2.35. The van der Waals surface area contributed by atoms with Gasteiger partial charge < -0.3 is 14.4 Å². The Bertz CT molecular complexity index is 635. The number of nitrogens with one attached hydrogen (secondary N) is 1. The molecular formula is C14H16N4O3S. The van der Waals surface area contributed by atoms with Crippen molar-refractivity contribution < 1.29 is 14.3 Å². The molecule has 22 heavy (non-hydrogen) atoms. The van der Waals surface area contributed by atoms with Crippen LogP contribution in [-0.4, -0.2) is 46.9 Å². The second-order valence-corrected chi connectivity index (χ2v) is 5.54. The highest BCUT2D eigenvalue weighted by molar-refractivity contribution is 7.13. The highest BCUT2D eigenvalue weighted by Crippen LogP contribution is 2.31. The predicted octanol–water partition coefficient (Wildman–Crippen LogP) is 2.23. The van der Waals surface area contributed by atoms with Crippen molar-refractivity contribution in [3.05, 3.63) is 29.8 Å². The molecule has 1 aliphatic rings. The Morgan fingerprint density at radius 3 is 3.00 bits per heavy atom. The fourth-order valence-electron chi connectivity index (χ4n) is 2.15. The average molecular weight is 320 g/mol. The first-order valence-electron chi connectivity index (χ1n) is 6.97. The number of ether oxygens (including phenoxy) is 2. The van der Waals surface area contributed by atoms with Crippen LogP contribution in [0.3, 0.4) is 0 Å². The second-order valence-electron chi connectivity index (χ2n) is 4.71. The number of likely N-dealkylation sites (N-methyl/N-ethyl adjacent to an activating group) is 1. The SMILES string of the molecule is CCN(C[C@H]1COc2ccccc2O1)C(=O)Nc1nncs1. The van der Waals surface area contributed by atoms with Crippen molar-refractivity contribution in [2.75, 3.05) is 25.0 Å². The third-order valence-electron chi connectivity index (χ3n) is 3.23. The number of nitrogens with zero attached hydrogens (tertiary/aromatic N) is 3. The Kier molecular flexibility index (Phi) is 4.38. The number of fused-ring (bicyclic) bond motifs is 1. The van der Waals surface area contributed by atoms with E-state index in [4.69, 9.17) is 9.47 Å². The van der Waals surface area contributed by atoms with Crippen LogP contribution in [0.1, 0.15) is 6.92 Å². The number of hydrogen-bond acceptors (Lipinski definition) is 6. The molecule has 0 saturated heterocycles. The third kappa shape index (κ3) is 3.28. The van der Waals surface area contributed by atoms with E-state index in [1.165, 1.54) is 11.3 Å². The smallest absolute Gasteiger partial charge is 0.323 e. The molecule has 0 aliphatic carbocycles. The molecular weight excluding hydrogens is 304 g/mol. The molecule has 0 saturated carbocycles. The summed E-state index contributed by atoms with van der Waals surface area (Å²) in [5.74, 6) is 1.44. The number of carbonyl (C=O) groups is 1. The molecule has 8 heteroatoms. The Labute approximate surface area is 131 Å². The summed E-state index contributed by atoms with van der Waals surface area (Å²) in [6.45, 7) is 3.33. The summed E-state index contributed by atoms with van der Waals surface area (Å²) < 4.78 is 11.5. The predicted molar refractivity (Wildman–Crippen MR) is 82.5 cm³/mol. The standard InChI is InChI=1S/C14H16N4O3S/c1-2-18(14(19)16-13-17-15-9-22-13)7-10-8-20-11-5-3-4-6-12(11)21-10/h3-6,9-10H,2,7-8H2,1H3,(H,16,17,19)/t10-/m0/s1. The van der Waals surface area contributed by atoms with Gasteiger partial charge in [-0.05, 0) is 19.1 Å². The maximum Gasteiger partial charge on any atom is 0.323 e. The molecule has 0 radical (unpaired) electrons. The number of para-hydroxylation sites is 2. The van der Waals surface area contributed by atoms with Crippen LogP contribution in [-0.2, 0) is 0 Å². The summed E-state index contributed by atoms with van der Waals surface area (Å²) in [6, 6.07) is 7.30. The number of urea groups is 1. The maximum absolute atomic E-state index is 12.2. The van der Waals surface area contributed by atoms with Crippen molar-refractivity contribution in [3.63, 3.8) is 0 Å². The zero-order valence-electron chi connectivity index (χ0n) is 12.1. The normalized spacial score (nSPS) is 16.1. The van der Waals surface area contributed by atoms with Crippen molar-refractivity contribution >= 4 is 22.5 Å². The Morgan fingerprint density at radius 1 is 1.45 bits per heavy atom. The van der Waals surface area contributed by atoms with E-state index in [0.717, 1.165) is 5.75 Å². The summed E-state index contributed by atoms with van der Waals surface area (Å²) in [5.41, 5.74) is 1.57. The van der Waals surface area contributed by atoms with Gasteiger partial charge in [0.1, 0.15) is 12.1 Å². The number of amides is 2. The highest BCUT2D eigenvalue weighted by atomic mass is 32.1. The molecule has 7 nitrogen and oxygen atoms in total. The van der Waals surface area contributed by atoms with E-state index in [1.807, 2.05) is 31.2 Å². The fourth-order valence-corrected chi connectivity index (χ4v) is 2.59. The third-order valence-corrected chi connectivity index (χ3v) is 3.84. The molecule has 116 valence electrons. The monoisotopic (exact) mass is 320 g/mol. The van der Waals surface area contributed by atoms with Crippen molar-refractivity contribution in [2.45, 2.75) is 13.0 Å². The number of rotatable bonds is 4. The van der Waals surface area contributed by atoms with Crippen LogP contribution < -0.4 is 14.8 Å². The number of hydrogen-bond donors (Lipinski definition) is 1. The largest absolute Gasteiger partial charge is 0.486 e. The number of benzene rings is 1. The molecule has 2 aromatic rings. The van der Waals surface area contributed by atoms with Crippen LogP contribution in [0, 0.1) is 0 Å². The minimum atomic E-state index is -0.221. The van der Waals surface area contributed by atoms with E-state index >= 15 is 0 Å². The van der Waals surface area contributed by atoms with E-state index in [9.17, 15) is 4.79 Å². The van der Waals surface area contributed by atoms with Gasteiger partial charge in [-0.25, -0.2) is 4.79 Å². The lowest BCUT2D eigenvalue weighted by atomic mass is 10.2. The Morgan fingerprint density at radius 2 is 2.27 bits per heavy atom. The highest BCUT2D eigenvalue weighted by Gasteiger charge is 2.25. The topological polar surface area (TPSA) is 76.6 Å². The van der Waals surface area contributed by atoms with E-state index in [2.05, 4.69) is 15.5 Å². The van der Waals surface area contributed by atoms with Gasteiger partial charge in [-0.1, -0.05) is 23.5 Å². The summed E-state index contributed by atoms with van der Waals surface area (Å²) in [4.78, 5) is 13.9. The zero-order valence-corrected chi connectivity index (χ0v) is 12.9. The minimum absolute atomic E-state index is 0.199. The van der Waals surface area contributed by atoms with Crippen LogP contribution in [0.25, 0.3) is 0 Å². The van der Waals surface area contributed by atoms with Gasteiger partial charge in [-0.3, -0.25) is 5.32 Å². The van der Waals surface area contributed by atoms with E-state index in [-0.39, 0.29) is 12.1 Å². The van der Waals surface area contributed by atoms with Crippen LogP contribution in [0.4, 0.5) is 9.93 Å². The second kappa shape index (κ2) is 6.61. The van der Waals surface area contributed by atoms with Crippen molar-refractivity contribution in [1.29, 1.82) is 0 Å². The lowest BCUT2D eigenvalue weighted by Crippen LogP contribution is -2.45. The molecule has 0 fully saturated rings. The van der Waals surface area contributed by atoms with Crippen LogP contribution in [0.15, 0.2) is 29.8 Å². The molecule has 1 aliphatic heterocycles. The van der Waals surface area contributed by atoms with Crippen molar-refractivity contribution in [2.24, 2.45) is 0 Å². The maximum atomic E-state index is 12.2. The van der Waals surface area contributed by atoms with Gasteiger partial charge in [-0.15, -0.1) is 10.2 Å². The summed E-state index contributed by atoms with van der Waals surface area (Å²) in [6.07, 6.45) is -0.199. The van der Waals surface area contributed by atoms with Gasteiger partial charge in [0.15, 0.2) is 17.6 Å². The number of anilines is 1. The molecule has 3 rings (SSSR count). The lowest BCUT2D eigenvalue weighted by molar-refractivity contribution is 0.0693. The Balaban J connectivity index is 1.60. The molecule has 1 N–H and O–H groups in total. The van der Waals surface area contributed by atoms with Crippen LogP contribution in [0.5, 0.6) is 11.5 Å². The summed E-state index contributed by atoms with van der Waals surface area (Å²) in [5, 5.41) is 10.7. The quantitative estimate of drug-likeness (QED) is 0.935. The van der Waals surface area contributed by atoms with E-state index in [0.29, 0.717) is 30.6 Å². The molecule has 1 aromatic carbocycles. The van der Waals surface area contributed by atoms with Gasteiger partial charge in [0.2, 0.25) is 5.13 Å². The first kappa shape index (κ1) is 14.6. The molecule has 1 atom stereocenters. The number of carbonyl (C=O) groups excluding carboxylic acids is 1. The van der Waals surface area contributed by atoms with Gasteiger partial charge >= 0.3 is 6.03 Å². The molecule has 0 bridgehead atoms. The van der Waals surface area contributed by atoms with Crippen molar-refractivity contribution in [1.82, 2.24) is 15.1 Å². The number of aromatic nitrogens is 2. The van der Waals surface area contributed by atoms with Crippen molar-refractivity contribution in [3.8, 4) is 11.5 Å². The molecule has 0 unspecified atom stereocenters. The summed E-state index contributed by atoms with van der Waals surface area (Å²) >= 11 is 1.28. The van der Waals surface area contributed by atoms with Crippen LogP contribution in [0.2, 0.25) is 0 Å². The molecule has 2 amide bonds. The van der Waals surface area contributed by atoms with E-state index < -0.39 is 0 Å². The average Bonchev–Trinajstić information content (AvgIpc) is 3.05. The molecule has 2 heterocycles. The lowest BCUT2D eigenvalue weighted by Gasteiger charge is -2.30. The van der Waals surface area contributed by atoms with Gasteiger partial charge in [-0.2, -0.15) is 0 Å². The minimum Gasteiger partial charge on any atom is -0.486 e. The van der Waals surface area contributed by atoms with Gasteiger partial charge in [0, 0.05) is 6.54 Å². The molecule has 1 aromatic heterocycles. The fraction of sp³-hybridized carbons (Fsp3) is 0.357. The first-order valence-corrected chi connectivity index (χ1v) is 7.85. The van der Waals surface area contributed by atoms with E-state index in [1.54, 1.807) is 10.4 Å². The summed E-state index contributed by atoms with van der Waals surface area (Å²) in [7, 11) is 0. The van der Waals surface area contributed by atoms with Gasteiger partial charge in [0.05, 0.1) is 6.54 Å². The molecule has 0 spiro atoms. The first-order chi connectivity index (χ1) is 10.8. The zero-order chi connectivity index (χ0) is 15.4.